The Morgan fingerprint density at radius 2 is 2.00 bits per heavy atom. The van der Waals surface area contributed by atoms with Crippen LogP contribution in [0.4, 0.5) is 5.69 Å². The van der Waals surface area contributed by atoms with Crippen LogP contribution in [-0.2, 0) is 14.9 Å². The Balaban J connectivity index is 2.92. The molecule has 0 saturated carbocycles. The predicted molar refractivity (Wildman–Crippen MR) is 84.8 cm³/mol. The van der Waals surface area contributed by atoms with E-state index >= 15 is 0 Å². The summed E-state index contributed by atoms with van der Waals surface area (Å²) in [7, 11) is 3.13. The quantitative estimate of drug-likeness (QED) is 0.844. The van der Waals surface area contributed by atoms with Gasteiger partial charge in [0, 0.05) is 13.7 Å². The Morgan fingerprint density at radius 3 is 2.48 bits per heavy atom. The van der Waals surface area contributed by atoms with Crippen LogP contribution in [0.1, 0.15) is 32.8 Å². The highest BCUT2D eigenvalue weighted by Gasteiger charge is 2.18. The first-order chi connectivity index (χ1) is 9.81. The van der Waals surface area contributed by atoms with Gasteiger partial charge in [0.15, 0.2) is 0 Å². The summed E-state index contributed by atoms with van der Waals surface area (Å²) in [6.07, 6.45) is -0.0580. The van der Waals surface area contributed by atoms with Crippen molar-refractivity contribution in [2.45, 2.75) is 38.7 Å². The summed E-state index contributed by atoms with van der Waals surface area (Å²) < 4.78 is 10.4. The molecule has 5 heteroatoms. The van der Waals surface area contributed by atoms with Crippen molar-refractivity contribution in [2.24, 2.45) is 5.73 Å². The fourth-order valence-corrected chi connectivity index (χ4v) is 1.94. The number of rotatable bonds is 6. The monoisotopic (exact) mass is 294 g/mol. The van der Waals surface area contributed by atoms with E-state index in [0.29, 0.717) is 18.0 Å². The molecule has 1 aromatic rings. The fraction of sp³-hybridized carbons (Fsp3) is 0.562. The molecule has 5 nitrogen and oxygen atoms in total. The van der Waals surface area contributed by atoms with Crippen molar-refractivity contribution in [3.05, 3.63) is 23.8 Å². The molecule has 0 aliphatic carbocycles. The maximum atomic E-state index is 12.1. The first-order valence-corrected chi connectivity index (χ1v) is 7.03. The van der Waals surface area contributed by atoms with E-state index in [1.165, 1.54) is 0 Å². The second-order valence-corrected chi connectivity index (χ2v) is 6.01. The van der Waals surface area contributed by atoms with Gasteiger partial charge in [0.2, 0.25) is 5.91 Å². The average molecular weight is 294 g/mol. The number of ether oxygens (including phenoxy) is 2. The second kappa shape index (κ2) is 7.43. The van der Waals surface area contributed by atoms with Crippen LogP contribution in [-0.4, -0.2) is 32.8 Å². The molecule has 0 fully saturated rings. The molecule has 0 spiro atoms. The van der Waals surface area contributed by atoms with Crippen LogP contribution in [0.5, 0.6) is 5.75 Å². The van der Waals surface area contributed by atoms with Crippen molar-refractivity contribution in [2.75, 3.05) is 26.1 Å². The first kappa shape index (κ1) is 17.5. The summed E-state index contributed by atoms with van der Waals surface area (Å²) in [4.78, 5) is 12.1. The normalized spacial score (nSPS) is 12.9. The van der Waals surface area contributed by atoms with Crippen LogP contribution in [0.3, 0.4) is 0 Å². The summed E-state index contributed by atoms with van der Waals surface area (Å²) in [6, 6.07) is 5.82. The zero-order chi connectivity index (χ0) is 16.0. The van der Waals surface area contributed by atoms with Crippen molar-refractivity contribution in [1.29, 1.82) is 0 Å². The lowest BCUT2D eigenvalue weighted by Gasteiger charge is -2.21. The van der Waals surface area contributed by atoms with Crippen molar-refractivity contribution in [1.82, 2.24) is 0 Å². The lowest BCUT2D eigenvalue weighted by atomic mass is 9.87. The lowest BCUT2D eigenvalue weighted by molar-refractivity contribution is -0.118. The molecule has 0 bridgehead atoms. The number of hydrogen-bond donors (Lipinski definition) is 2. The molecule has 3 N–H and O–H groups in total. The van der Waals surface area contributed by atoms with Gasteiger partial charge >= 0.3 is 0 Å². The van der Waals surface area contributed by atoms with Crippen molar-refractivity contribution < 1.29 is 14.3 Å². The van der Waals surface area contributed by atoms with Gasteiger partial charge in [0.1, 0.15) is 5.75 Å². The molecule has 0 radical (unpaired) electrons. The Kier molecular flexibility index (Phi) is 6.18. The number of amides is 1. The lowest BCUT2D eigenvalue weighted by Crippen LogP contribution is -2.28. The summed E-state index contributed by atoms with van der Waals surface area (Å²) >= 11 is 0. The average Bonchev–Trinajstić information content (AvgIpc) is 2.43. The maximum absolute atomic E-state index is 12.1. The van der Waals surface area contributed by atoms with Gasteiger partial charge in [-0.1, -0.05) is 26.8 Å². The Labute approximate surface area is 126 Å². The molecule has 1 atom stereocenters. The van der Waals surface area contributed by atoms with Crippen molar-refractivity contribution in [3.8, 4) is 5.75 Å². The number of carbonyl (C=O) groups excluding carboxylic acids is 1. The third kappa shape index (κ3) is 5.02. The highest BCUT2D eigenvalue weighted by molar-refractivity contribution is 5.92. The van der Waals surface area contributed by atoms with E-state index in [-0.39, 0.29) is 23.8 Å². The Bertz CT molecular complexity index is 477. The van der Waals surface area contributed by atoms with Gasteiger partial charge in [-0.15, -0.1) is 0 Å². The van der Waals surface area contributed by atoms with E-state index in [1.807, 2.05) is 18.2 Å². The minimum atomic E-state index is -0.276. The summed E-state index contributed by atoms with van der Waals surface area (Å²) in [5, 5.41) is 2.87. The molecule has 0 aromatic heterocycles. The smallest absolute Gasteiger partial charge is 0.227 e. The van der Waals surface area contributed by atoms with Gasteiger partial charge in [-0.25, -0.2) is 0 Å². The van der Waals surface area contributed by atoms with Gasteiger partial charge in [-0.3, -0.25) is 4.79 Å². The molecule has 1 aromatic carbocycles. The van der Waals surface area contributed by atoms with Gasteiger partial charge in [-0.05, 0) is 23.1 Å². The molecule has 1 rings (SSSR count). The molecule has 1 amide bonds. The number of hydrogen-bond acceptors (Lipinski definition) is 4. The van der Waals surface area contributed by atoms with Gasteiger partial charge in [-0.2, -0.15) is 0 Å². The number of nitrogens with two attached hydrogens (primary N) is 1. The SMILES string of the molecule is COc1ccc(C(C)(C)C)cc1NC(=O)CC(CN)OC. The van der Waals surface area contributed by atoms with Crippen LogP contribution < -0.4 is 15.8 Å². The largest absolute Gasteiger partial charge is 0.495 e. The Morgan fingerprint density at radius 1 is 1.33 bits per heavy atom. The number of carbonyl (C=O) groups is 1. The van der Waals surface area contributed by atoms with E-state index in [4.69, 9.17) is 15.2 Å². The number of nitrogens with one attached hydrogen (secondary N) is 1. The third-order valence-electron chi connectivity index (χ3n) is 3.35. The zero-order valence-corrected chi connectivity index (χ0v) is 13.5. The molecule has 0 saturated heterocycles. The minimum absolute atomic E-state index is 0.00191. The first-order valence-electron chi connectivity index (χ1n) is 7.03. The predicted octanol–water partition coefficient (Wildman–Crippen LogP) is 2.29. The summed E-state index contributed by atoms with van der Waals surface area (Å²) in [5.74, 6) is 0.495. The zero-order valence-electron chi connectivity index (χ0n) is 13.5. The topological polar surface area (TPSA) is 73.6 Å². The highest BCUT2D eigenvalue weighted by atomic mass is 16.5. The number of benzene rings is 1. The third-order valence-corrected chi connectivity index (χ3v) is 3.35. The second-order valence-electron chi connectivity index (χ2n) is 6.01. The van der Waals surface area contributed by atoms with E-state index in [2.05, 4.69) is 26.1 Å². The van der Waals surface area contributed by atoms with E-state index in [0.717, 1.165) is 5.56 Å². The number of anilines is 1. The molecule has 0 aliphatic heterocycles. The van der Waals surface area contributed by atoms with Gasteiger partial charge in [0.25, 0.3) is 0 Å². The molecular weight excluding hydrogens is 268 g/mol. The van der Waals surface area contributed by atoms with Gasteiger partial charge < -0.3 is 20.5 Å². The van der Waals surface area contributed by atoms with Crippen LogP contribution in [0, 0.1) is 0 Å². The van der Waals surface area contributed by atoms with Crippen LogP contribution in [0.15, 0.2) is 18.2 Å². The van der Waals surface area contributed by atoms with Crippen LogP contribution >= 0.6 is 0 Å². The minimum Gasteiger partial charge on any atom is -0.495 e. The molecule has 118 valence electrons. The maximum Gasteiger partial charge on any atom is 0.227 e. The highest BCUT2D eigenvalue weighted by Crippen LogP contribution is 2.31. The number of methoxy groups -OCH3 is 2. The van der Waals surface area contributed by atoms with E-state index in [9.17, 15) is 4.79 Å². The molecular formula is C16H26N2O3. The van der Waals surface area contributed by atoms with Crippen molar-refractivity contribution >= 4 is 11.6 Å². The van der Waals surface area contributed by atoms with Crippen LogP contribution in [0.2, 0.25) is 0 Å². The van der Waals surface area contributed by atoms with E-state index in [1.54, 1.807) is 14.2 Å². The van der Waals surface area contributed by atoms with E-state index < -0.39 is 0 Å². The summed E-state index contributed by atoms with van der Waals surface area (Å²) in [5.41, 5.74) is 7.32. The standard InChI is InChI=1S/C16H26N2O3/c1-16(2,3)11-6-7-14(21-5)13(8-11)18-15(19)9-12(10-17)20-4/h6-8,12H,9-10,17H2,1-5H3,(H,18,19). The molecule has 0 aliphatic rings. The Hall–Kier alpha value is -1.59. The summed E-state index contributed by atoms with van der Waals surface area (Å²) in [6.45, 7) is 6.67. The molecule has 1 unspecified atom stereocenters. The van der Waals surface area contributed by atoms with Crippen molar-refractivity contribution in [3.63, 3.8) is 0 Å². The molecule has 21 heavy (non-hydrogen) atoms. The van der Waals surface area contributed by atoms with Crippen LogP contribution in [0.25, 0.3) is 0 Å². The fourth-order valence-electron chi connectivity index (χ4n) is 1.94. The molecule has 0 heterocycles. The van der Waals surface area contributed by atoms with Gasteiger partial charge in [0.05, 0.1) is 25.3 Å².